The molecule has 2 N–H and O–H groups in total. The number of nitrogens with one attached hydrogen (secondary N) is 2. The van der Waals surface area contributed by atoms with E-state index in [1.54, 1.807) is 48.7 Å². The molecule has 1 aromatic heterocycles. The van der Waals surface area contributed by atoms with Gasteiger partial charge in [-0.25, -0.2) is 16.8 Å². The molecule has 3 rings (SSSR count). The fraction of sp³-hybridized carbons (Fsp3) is 0.111. The van der Waals surface area contributed by atoms with Crippen molar-refractivity contribution >= 4 is 42.8 Å². The molecule has 0 amide bonds. The third-order valence-corrected chi connectivity index (χ3v) is 8.01. The van der Waals surface area contributed by atoms with Crippen LogP contribution in [0.1, 0.15) is 5.56 Å². The fourth-order valence-electron chi connectivity index (χ4n) is 2.36. The summed E-state index contributed by atoms with van der Waals surface area (Å²) in [4.78, 5) is -0.0576. The first-order chi connectivity index (χ1) is 13.2. The SMILES string of the molecule is COc1ccc(NS(=O)(=O)c2ccc(C)c(NS(=O)(=O)c3cccs3)c2)cc1. The Kier molecular flexibility index (Phi) is 5.64. The topological polar surface area (TPSA) is 102 Å². The highest BCUT2D eigenvalue weighted by atomic mass is 32.2. The van der Waals surface area contributed by atoms with Gasteiger partial charge < -0.3 is 4.74 Å². The van der Waals surface area contributed by atoms with Crippen LogP contribution in [-0.4, -0.2) is 23.9 Å². The average molecular weight is 439 g/mol. The number of rotatable bonds is 7. The molecule has 28 heavy (non-hydrogen) atoms. The zero-order chi connectivity index (χ0) is 20.4. The van der Waals surface area contributed by atoms with Gasteiger partial charge in [-0.1, -0.05) is 12.1 Å². The van der Waals surface area contributed by atoms with Crippen molar-refractivity contribution in [2.24, 2.45) is 0 Å². The highest BCUT2D eigenvalue weighted by Crippen LogP contribution is 2.26. The Balaban J connectivity index is 1.89. The van der Waals surface area contributed by atoms with Gasteiger partial charge in [0.2, 0.25) is 0 Å². The molecule has 3 aromatic rings. The normalized spacial score (nSPS) is 11.8. The van der Waals surface area contributed by atoms with Gasteiger partial charge in [-0.3, -0.25) is 9.44 Å². The summed E-state index contributed by atoms with van der Waals surface area (Å²) in [5, 5.41) is 1.65. The van der Waals surface area contributed by atoms with Crippen LogP contribution in [0.4, 0.5) is 11.4 Å². The van der Waals surface area contributed by atoms with Crippen molar-refractivity contribution in [3.05, 3.63) is 65.5 Å². The molecule has 0 aliphatic rings. The lowest BCUT2D eigenvalue weighted by atomic mass is 10.2. The van der Waals surface area contributed by atoms with Crippen LogP contribution >= 0.6 is 11.3 Å². The third kappa shape index (κ3) is 4.46. The van der Waals surface area contributed by atoms with E-state index in [4.69, 9.17) is 4.74 Å². The Hall–Kier alpha value is -2.56. The summed E-state index contributed by atoms with van der Waals surface area (Å²) in [6.07, 6.45) is 0. The van der Waals surface area contributed by atoms with Gasteiger partial charge in [0.1, 0.15) is 9.96 Å². The predicted octanol–water partition coefficient (Wildman–Crippen LogP) is 3.67. The fourth-order valence-corrected chi connectivity index (χ4v) is 5.56. The second kappa shape index (κ2) is 7.82. The second-order valence-electron chi connectivity index (χ2n) is 5.85. The summed E-state index contributed by atoms with van der Waals surface area (Å²) in [6, 6.07) is 13.8. The van der Waals surface area contributed by atoms with Crippen molar-refractivity contribution in [2.75, 3.05) is 16.6 Å². The average Bonchev–Trinajstić information content (AvgIpc) is 3.19. The van der Waals surface area contributed by atoms with E-state index in [1.807, 2.05) is 0 Å². The van der Waals surface area contributed by atoms with E-state index in [2.05, 4.69) is 9.44 Å². The lowest BCUT2D eigenvalue weighted by Gasteiger charge is -2.13. The van der Waals surface area contributed by atoms with Gasteiger partial charge in [0.25, 0.3) is 20.0 Å². The number of hydrogen-bond donors (Lipinski definition) is 2. The van der Waals surface area contributed by atoms with Gasteiger partial charge in [-0.2, -0.15) is 0 Å². The maximum atomic E-state index is 12.7. The zero-order valence-corrected chi connectivity index (χ0v) is 17.5. The lowest BCUT2D eigenvalue weighted by Crippen LogP contribution is -2.15. The minimum absolute atomic E-state index is 0.0576. The molecule has 0 aliphatic heterocycles. The van der Waals surface area contributed by atoms with Crippen molar-refractivity contribution < 1.29 is 21.6 Å². The molecule has 0 fully saturated rings. The molecular weight excluding hydrogens is 420 g/mol. The number of methoxy groups -OCH3 is 1. The summed E-state index contributed by atoms with van der Waals surface area (Å²) in [5.74, 6) is 0.601. The van der Waals surface area contributed by atoms with Gasteiger partial charge in [0.05, 0.1) is 17.7 Å². The molecule has 0 saturated heterocycles. The van der Waals surface area contributed by atoms with Gasteiger partial charge in [-0.05, 0) is 60.3 Å². The predicted molar refractivity (Wildman–Crippen MR) is 110 cm³/mol. The standard InChI is InChI=1S/C18H18N2O5S3/c1-13-5-10-16(12-17(13)20-28(23,24)18-4-3-11-26-18)27(21,22)19-14-6-8-15(25-2)9-7-14/h3-12,19-20H,1-2H3. The molecule has 0 aliphatic carbocycles. The molecule has 1 heterocycles. The van der Waals surface area contributed by atoms with E-state index >= 15 is 0 Å². The quantitative estimate of drug-likeness (QED) is 0.586. The van der Waals surface area contributed by atoms with E-state index in [1.165, 1.54) is 25.3 Å². The Morgan fingerprint density at radius 1 is 0.893 bits per heavy atom. The van der Waals surface area contributed by atoms with Crippen LogP contribution in [0.25, 0.3) is 0 Å². The Morgan fingerprint density at radius 2 is 1.61 bits per heavy atom. The van der Waals surface area contributed by atoms with Gasteiger partial charge in [0, 0.05) is 5.69 Å². The lowest BCUT2D eigenvalue weighted by molar-refractivity contribution is 0.415. The summed E-state index contributed by atoms with van der Waals surface area (Å²) in [7, 11) is -6.17. The molecule has 148 valence electrons. The Bertz CT molecular complexity index is 1170. The number of ether oxygens (including phenoxy) is 1. The number of hydrogen-bond acceptors (Lipinski definition) is 6. The molecular formula is C18H18N2O5S3. The van der Waals surface area contributed by atoms with E-state index in [0.29, 0.717) is 17.0 Å². The van der Waals surface area contributed by atoms with Crippen molar-refractivity contribution in [1.29, 1.82) is 0 Å². The Labute approximate surface area is 168 Å². The van der Waals surface area contributed by atoms with E-state index in [9.17, 15) is 16.8 Å². The second-order valence-corrected chi connectivity index (χ2v) is 10.4. The smallest absolute Gasteiger partial charge is 0.271 e. The summed E-state index contributed by atoms with van der Waals surface area (Å²) >= 11 is 1.08. The van der Waals surface area contributed by atoms with Crippen LogP contribution in [0.3, 0.4) is 0 Å². The number of thiophene rings is 1. The molecule has 0 bridgehead atoms. The van der Waals surface area contributed by atoms with Gasteiger partial charge in [-0.15, -0.1) is 11.3 Å². The first-order valence-electron chi connectivity index (χ1n) is 8.05. The highest BCUT2D eigenvalue weighted by molar-refractivity contribution is 7.94. The van der Waals surface area contributed by atoms with Gasteiger partial charge >= 0.3 is 0 Å². The zero-order valence-electron chi connectivity index (χ0n) is 15.0. The van der Waals surface area contributed by atoms with E-state index in [0.717, 1.165) is 11.3 Å². The van der Waals surface area contributed by atoms with Crippen LogP contribution < -0.4 is 14.2 Å². The number of benzene rings is 2. The summed E-state index contributed by atoms with van der Waals surface area (Å²) in [6.45, 7) is 1.69. The first kappa shape index (κ1) is 20.2. The van der Waals surface area contributed by atoms with E-state index in [-0.39, 0.29) is 14.8 Å². The monoisotopic (exact) mass is 438 g/mol. The van der Waals surface area contributed by atoms with Crippen LogP contribution in [-0.2, 0) is 20.0 Å². The first-order valence-corrected chi connectivity index (χ1v) is 11.9. The minimum atomic E-state index is -3.90. The summed E-state index contributed by atoms with van der Waals surface area (Å²) < 4.78 is 60.4. The van der Waals surface area contributed by atoms with Crippen LogP contribution in [0.15, 0.2) is 69.1 Å². The van der Waals surface area contributed by atoms with Crippen molar-refractivity contribution in [2.45, 2.75) is 16.0 Å². The van der Waals surface area contributed by atoms with Crippen LogP contribution in [0, 0.1) is 6.92 Å². The van der Waals surface area contributed by atoms with E-state index < -0.39 is 20.0 Å². The molecule has 0 radical (unpaired) electrons. The largest absolute Gasteiger partial charge is 0.497 e. The minimum Gasteiger partial charge on any atom is -0.497 e. The molecule has 7 nitrogen and oxygen atoms in total. The van der Waals surface area contributed by atoms with Crippen molar-refractivity contribution in [1.82, 2.24) is 0 Å². The maximum absolute atomic E-state index is 12.7. The van der Waals surface area contributed by atoms with Gasteiger partial charge in [0.15, 0.2) is 0 Å². The summed E-state index contributed by atoms with van der Waals surface area (Å²) in [5.41, 5.74) is 1.16. The molecule has 0 unspecified atom stereocenters. The van der Waals surface area contributed by atoms with Crippen LogP contribution in [0.5, 0.6) is 5.75 Å². The highest BCUT2D eigenvalue weighted by Gasteiger charge is 2.20. The molecule has 0 spiro atoms. The number of anilines is 2. The molecule has 0 saturated carbocycles. The molecule has 0 atom stereocenters. The molecule has 2 aromatic carbocycles. The number of aryl methyl sites for hydroxylation is 1. The Morgan fingerprint density at radius 3 is 2.21 bits per heavy atom. The van der Waals surface area contributed by atoms with Crippen molar-refractivity contribution in [3.63, 3.8) is 0 Å². The third-order valence-electron chi connectivity index (χ3n) is 3.87. The molecule has 10 heteroatoms. The maximum Gasteiger partial charge on any atom is 0.271 e. The number of sulfonamides is 2. The van der Waals surface area contributed by atoms with Crippen LogP contribution in [0.2, 0.25) is 0 Å². The van der Waals surface area contributed by atoms with Crippen molar-refractivity contribution in [3.8, 4) is 5.75 Å².